The molecule has 6 heteroatoms. The number of hydrogen-bond acceptors (Lipinski definition) is 6. The standard InChI is InChI=1S/C13H24O4S2/c14-5-7-16-9-11-1-3-13(18-11)4-2-12(19-13)10-17-8-6-15/h11-12,14-15H,1-10H2. The highest BCUT2D eigenvalue weighted by Gasteiger charge is 2.46. The minimum absolute atomic E-state index is 0.113. The average Bonchev–Trinajstić information content (AvgIpc) is 2.99. The van der Waals surface area contributed by atoms with Crippen LogP contribution in [0.4, 0.5) is 0 Å². The van der Waals surface area contributed by atoms with E-state index in [1.54, 1.807) is 0 Å². The monoisotopic (exact) mass is 308 g/mol. The smallest absolute Gasteiger partial charge is 0.0698 e. The van der Waals surface area contributed by atoms with E-state index >= 15 is 0 Å². The molecule has 2 aliphatic rings. The highest BCUT2D eigenvalue weighted by Crippen LogP contribution is 2.59. The van der Waals surface area contributed by atoms with Crippen LogP contribution in [0.3, 0.4) is 0 Å². The summed E-state index contributed by atoms with van der Waals surface area (Å²) in [6.07, 6.45) is 4.94. The maximum Gasteiger partial charge on any atom is 0.0698 e. The molecule has 2 heterocycles. The van der Waals surface area contributed by atoms with E-state index in [9.17, 15) is 0 Å². The fraction of sp³-hybridized carbons (Fsp3) is 1.00. The zero-order valence-electron chi connectivity index (χ0n) is 11.3. The van der Waals surface area contributed by atoms with Gasteiger partial charge in [-0.25, -0.2) is 0 Å². The van der Waals surface area contributed by atoms with Crippen LogP contribution in [-0.2, 0) is 9.47 Å². The van der Waals surface area contributed by atoms with Gasteiger partial charge in [-0.2, -0.15) is 0 Å². The molecule has 2 atom stereocenters. The van der Waals surface area contributed by atoms with Gasteiger partial charge in [-0.15, -0.1) is 23.5 Å². The van der Waals surface area contributed by atoms with E-state index in [1.807, 2.05) is 0 Å². The summed E-state index contributed by atoms with van der Waals surface area (Å²) in [7, 11) is 0. The quantitative estimate of drug-likeness (QED) is 0.663. The van der Waals surface area contributed by atoms with Crippen molar-refractivity contribution in [3.05, 3.63) is 0 Å². The molecule has 0 saturated carbocycles. The Morgan fingerprint density at radius 3 is 1.79 bits per heavy atom. The first-order valence-corrected chi connectivity index (χ1v) is 8.77. The van der Waals surface area contributed by atoms with E-state index in [0.29, 0.717) is 27.8 Å². The predicted molar refractivity (Wildman–Crippen MR) is 79.8 cm³/mol. The van der Waals surface area contributed by atoms with Gasteiger partial charge in [-0.3, -0.25) is 0 Å². The molecule has 1 spiro atoms. The number of hydrogen-bond donors (Lipinski definition) is 2. The molecule has 0 amide bonds. The molecule has 0 aliphatic carbocycles. The van der Waals surface area contributed by atoms with E-state index in [2.05, 4.69) is 23.5 Å². The number of aliphatic hydroxyl groups is 2. The third-order valence-corrected chi connectivity index (χ3v) is 7.20. The molecule has 2 rings (SSSR count). The Kier molecular flexibility index (Phi) is 6.79. The van der Waals surface area contributed by atoms with Crippen molar-refractivity contribution in [3.63, 3.8) is 0 Å². The van der Waals surface area contributed by atoms with Crippen molar-refractivity contribution in [3.8, 4) is 0 Å². The highest BCUT2D eigenvalue weighted by molar-refractivity contribution is 8.19. The molecule has 2 unspecified atom stereocenters. The highest BCUT2D eigenvalue weighted by atomic mass is 32.2. The summed E-state index contributed by atoms with van der Waals surface area (Å²) in [5.74, 6) is 0. The van der Waals surface area contributed by atoms with Crippen LogP contribution < -0.4 is 0 Å². The molecular formula is C13H24O4S2. The first-order chi connectivity index (χ1) is 9.28. The third kappa shape index (κ3) is 4.79. The Labute approximate surface area is 123 Å². The molecule has 0 aromatic heterocycles. The topological polar surface area (TPSA) is 58.9 Å². The predicted octanol–water partition coefficient (Wildman–Crippen LogP) is 1.49. The molecule has 0 aromatic rings. The maximum atomic E-state index is 8.72. The fourth-order valence-corrected chi connectivity index (χ4v) is 6.67. The van der Waals surface area contributed by atoms with Crippen LogP contribution in [0.1, 0.15) is 25.7 Å². The lowest BCUT2D eigenvalue weighted by Crippen LogP contribution is -2.15. The summed E-state index contributed by atoms with van der Waals surface area (Å²) in [6, 6.07) is 0. The van der Waals surface area contributed by atoms with Gasteiger partial charge in [-0.05, 0) is 25.7 Å². The first kappa shape index (κ1) is 15.9. The van der Waals surface area contributed by atoms with Crippen LogP contribution in [0, 0.1) is 0 Å². The summed E-state index contributed by atoms with van der Waals surface area (Å²) in [6.45, 7) is 2.66. The Bertz CT molecular complexity index is 239. The van der Waals surface area contributed by atoms with Crippen LogP contribution in [0.25, 0.3) is 0 Å². The maximum absolute atomic E-state index is 8.72. The fourth-order valence-electron chi connectivity index (χ4n) is 2.67. The second-order valence-corrected chi connectivity index (χ2v) is 8.69. The van der Waals surface area contributed by atoms with Gasteiger partial charge in [0.1, 0.15) is 0 Å². The van der Waals surface area contributed by atoms with Crippen molar-refractivity contribution in [2.75, 3.05) is 39.6 Å². The van der Waals surface area contributed by atoms with Crippen molar-refractivity contribution < 1.29 is 19.7 Å². The minimum Gasteiger partial charge on any atom is -0.394 e. The van der Waals surface area contributed by atoms with E-state index in [1.165, 1.54) is 25.7 Å². The van der Waals surface area contributed by atoms with Crippen molar-refractivity contribution in [1.82, 2.24) is 0 Å². The van der Waals surface area contributed by atoms with Gasteiger partial charge in [0.15, 0.2) is 0 Å². The van der Waals surface area contributed by atoms with Gasteiger partial charge in [-0.1, -0.05) is 0 Å². The summed E-state index contributed by atoms with van der Waals surface area (Å²) in [4.78, 5) is 0. The Morgan fingerprint density at radius 1 is 0.895 bits per heavy atom. The number of ether oxygens (including phenoxy) is 2. The Morgan fingerprint density at radius 2 is 1.37 bits per heavy atom. The number of aliphatic hydroxyl groups excluding tert-OH is 2. The Balaban J connectivity index is 1.67. The average molecular weight is 308 g/mol. The summed E-state index contributed by atoms with van der Waals surface area (Å²) >= 11 is 4.13. The van der Waals surface area contributed by atoms with Crippen molar-refractivity contribution in [1.29, 1.82) is 0 Å². The summed E-state index contributed by atoms with van der Waals surface area (Å²) in [5.41, 5.74) is 0. The van der Waals surface area contributed by atoms with Crippen LogP contribution >= 0.6 is 23.5 Å². The number of rotatable bonds is 8. The van der Waals surface area contributed by atoms with Gasteiger partial charge in [0.2, 0.25) is 0 Å². The molecule has 0 aromatic carbocycles. The summed E-state index contributed by atoms with van der Waals surface area (Å²) < 4.78 is 11.3. The normalized spacial score (nSPS) is 34.4. The van der Waals surface area contributed by atoms with Gasteiger partial charge in [0.25, 0.3) is 0 Å². The zero-order chi connectivity index (χ0) is 13.6. The second kappa shape index (κ2) is 8.10. The second-order valence-electron chi connectivity index (χ2n) is 5.06. The van der Waals surface area contributed by atoms with E-state index in [-0.39, 0.29) is 13.2 Å². The molecule has 2 N–H and O–H groups in total. The Hall–Kier alpha value is 0.540. The van der Waals surface area contributed by atoms with Gasteiger partial charge < -0.3 is 19.7 Å². The minimum atomic E-state index is 0.113. The molecule has 112 valence electrons. The molecule has 2 fully saturated rings. The van der Waals surface area contributed by atoms with Gasteiger partial charge >= 0.3 is 0 Å². The van der Waals surface area contributed by atoms with E-state index in [0.717, 1.165) is 13.2 Å². The SMILES string of the molecule is OCCOCC1CCC2(CCC(COCCO)S2)S1. The molecular weight excluding hydrogens is 284 g/mol. The molecule has 0 radical (unpaired) electrons. The van der Waals surface area contributed by atoms with Crippen LogP contribution in [-0.4, -0.2) is 64.4 Å². The molecule has 2 aliphatic heterocycles. The first-order valence-electron chi connectivity index (χ1n) is 7.01. The zero-order valence-corrected chi connectivity index (χ0v) is 12.9. The molecule has 0 bridgehead atoms. The third-order valence-electron chi connectivity index (χ3n) is 3.54. The molecule has 2 saturated heterocycles. The summed E-state index contributed by atoms with van der Waals surface area (Å²) in [5, 5.41) is 18.6. The van der Waals surface area contributed by atoms with Gasteiger partial charge in [0, 0.05) is 10.5 Å². The van der Waals surface area contributed by atoms with Crippen molar-refractivity contribution in [2.24, 2.45) is 0 Å². The largest absolute Gasteiger partial charge is 0.394 e. The van der Waals surface area contributed by atoms with E-state index < -0.39 is 0 Å². The number of thioether (sulfide) groups is 2. The van der Waals surface area contributed by atoms with Crippen LogP contribution in [0.2, 0.25) is 0 Å². The van der Waals surface area contributed by atoms with Crippen LogP contribution in [0.15, 0.2) is 0 Å². The van der Waals surface area contributed by atoms with Crippen molar-refractivity contribution >= 4 is 23.5 Å². The van der Waals surface area contributed by atoms with Gasteiger partial charge in [0.05, 0.1) is 43.7 Å². The molecule has 19 heavy (non-hydrogen) atoms. The van der Waals surface area contributed by atoms with Crippen LogP contribution in [0.5, 0.6) is 0 Å². The lowest BCUT2D eigenvalue weighted by atomic mass is 10.1. The van der Waals surface area contributed by atoms with E-state index in [4.69, 9.17) is 19.7 Å². The lowest BCUT2D eigenvalue weighted by molar-refractivity contribution is 0.0928. The lowest BCUT2D eigenvalue weighted by Gasteiger charge is -2.22. The van der Waals surface area contributed by atoms with Crippen molar-refractivity contribution in [2.45, 2.75) is 40.3 Å². The molecule has 4 nitrogen and oxygen atoms in total.